The van der Waals surface area contributed by atoms with Gasteiger partial charge in [0.05, 0.1) is 23.8 Å². The van der Waals surface area contributed by atoms with Gasteiger partial charge in [-0.2, -0.15) is 20.6 Å². The average molecular weight is 578 g/mol. The molecule has 2 atom stereocenters. The lowest BCUT2D eigenvalue weighted by molar-refractivity contribution is 0.330. The highest BCUT2D eigenvalue weighted by atomic mass is 32.1. The van der Waals surface area contributed by atoms with Crippen molar-refractivity contribution in [3.05, 3.63) is 114 Å². The minimum atomic E-state index is -1.42. The fraction of sp³-hybridized carbons (Fsp3) is 0.0800. The van der Waals surface area contributed by atoms with Gasteiger partial charge in [-0.3, -0.25) is 9.88 Å². The van der Waals surface area contributed by atoms with Gasteiger partial charge in [0.1, 0.15) is 23.8 Å². The lowest BCUT2D eigenvalue weighted by Crippen LogP contribution is -2.64. The van der Waals surface area contributed by atoms with Crippen LogP contribution in [0.25, 0.3) is 11.3 Å². The van der Waals surface area contributed by atoms with E-state index in [0.717, 1.165) is 0 Å². The molecule has 17 heteroatoms. The van der Waals surface area contributed by atoms with Crippen LogP contribution in [0.3, 0.4) is 0 Å². The van der Waals surface area contributed by atoms with E-state index in [2.05, 4.69) is 46.0 Å². The van der Waals surface area contributed by atoms with Crippen molar-refractivity contribution in [3.63, 3.8) is 0 Å². The zero-order valence-electron chi connectivity index (χ0n) is 21.4. The molecule has 4 N–H and O–H groups in total. The molecule has 0 saturated heterocycles. The van der Waals surface area contributed by atoms with Crippen LogP contribution in [0.4, 0.5) is 10.9 Å². The molecule has 0 spiro atoms. The largest absolute Gasteiger partial charge is 0.445 e. The number of rotatable bonds is 7. The van der Waals surface area contributed by atoms with Gasteiger partial charge >= 0.3 is 0 Å². The third-order valence-corrected chi connectivity index (χ3v) is 7.66. The first-order valence-electron chi connectivity index (χ1n) is 12.6. The zero-order chi connectivity index (χ0) is 27.9. The normalized spacial score (nSPS) is 19.1. The van der Waals surface area contributed by atoms with Crippen molar-refractivity contribution in [2.45, 2.75) is 11.7 Å². The molecule has 0 radical (unpaired) electrons. The molecule has 7 aromatic rings. The Morgan fingerprint density at radius 3 is 2.57 bits per heavy atom. The molecule has 8 heterocycles. The summed E-state index contributed by atoms with van der Waals surface area (Å²) in [5.41, 5.74) is 0.937. The van der Waals surface area contributed by atoms with Crippen molar-refractivity contribution in [2.75, 3.05) is 9.80 Å². The number of aromatic amines is 4. The molecule has 0 fully saturated rings. The maximum atomic E-state index is 6.22. The highest BCUT2D eigenvalue weighted by molar-refractivity contribution is 7.13. The molecular formula is C25H19N15OS. The summed E-state index contributed by atoms with van der Waals surface area (Å²) in [6, 6.07) is 8.74. The molecular weight excluding hydrogens is 558 g/mol. The average Bonchev–Trinajstić information content (AvgIpc) is 3.89. The number of nitrogens with zero attached hydrogens (tertiary/aromatic N) is 11. The Morgan fingerprint density at radius 1 is 0.905 bits per heavy atom. The Bertz CT molecular complexity index is 1880. The summed E-state index contributed by atoms with van der Waals surface area (Å²) in [6.07, 6.45) is 13.5. The van der Waals surface area contributed by atoms with E-state index in [-0.39, 0.29) is 0 Å². The maximum Gasteiger partial charge on any atom is 0.248 e. The second kappa shape index (κ2) is 9.59. The number of hydrogen-bond acceptors (Lipinski definition) is 13. The van der Waals surface area contributed by atoms with Gasteiger partial charge in [0.2, 0.25) is 17.4 Å². The molecule has 8 rings (SSSR count). The number of imidazole rings is 1. The predicted molar refractivity (Wildman–Crippen MR) is 148 cm³/mol. The topological polar surface area (TPSA) is 199 Å². The molecule has 0 bridgehead atoms. The van der Waals surface area contributed by atoms with E-state index in [1.54, 1.807) is 37.2 Å². The summed E-state index contributed by atoms with van der Waals surface area (Å²) in [7, 11) is 0. The van der Waals surface area contributed by atoms with Crippen LogP contribution in [-0.2, 0) is 5.66 Å². The van der Waals surface area contributed by atoms with Crippen LogP contribution in [0.5, 0.6) is 0 Å². The molecule has 16 nitrogen and oxygen atoms in total. The smallest absolute Gasteiger partial charge is 0.248 e. The molecule has 42 heavy (non-hydrogen) atoms. The highest BCUT2D eigenvalue weighted by Crippen LogP contribution is 2.57. The number of aromatic nitrogens is 13. The van der Waals surface area contributed by atoms with Crippen LogP contribution in [0, 0.1) is 0 Å². The zero-order valence-corrected chi connectivity index (χ0v) is 22.2. The Balaban J connectivity index is 1.62. The predicted octanol–water partition coefficient (Wildman–Crippen LogP) is 2.75. The Hall–Kier alpha value is -5.97. The molecule has 1 aliphatic heterocycles. The fourth-order valence-corrected chi connectivity index (χ4v) is 6.14. The van der Waals surface area contributed by atoms with Crippen LogP contribution >= 0.6 is 11.3 Å². The van der Waals surface area contributed by atoms with Gasteiger partial charge in [-0.15, -0.1) is 21.5 Å². The van der Waals surface area contributed by atoms with Gasteiger partial charge in [0.25, 0.3) is 0 Å². The van der Waals surface area contributed by atoms with E-state index < -0.39 is 11.7 Å². The Labute approximate surface area is 239 Å². The van der Waals surface area contributed by atoms with Crippen LogP contribution in [-0.4, -0.2) is 65.9 Å². The number of thiazole rings is 1. The Kier molecular flexibility index (Phi) is 5.45. The second-order valence-electron chi connectivity index (χ2n) is 9.03. The first-order chi connectivity index (χ1) is 20.9. The van der Waals surface area contributed by atoms with Crippen molar-refractivity contribution < 1.29 is 4.42 Å². The summed E-state index contributed by atoms with van der Waals surface area (Å²) < 4.78 is 6.22. The van der Waals surface area contributed by atoms with Crippen LogP contribution in [0.2, 0.25) is 0 Å². The summed E-state index contributed by atoms with van der Waals surface area (Å²) in [5.74, 6) is 1.85. The first kappa shape index (κ1) is 23.9. The summed E-state index contributed by atoms with van der Waals surface area (Å²) in [6.45, 7) is 0. The molecule has 0 aliphatic carbocycles. The number of tetrazole rings is 1. The van der Waals surface area contributed by atoms with Gasteiger partial charge < -0.3 is 19.3 Å². The number of nitrogens with one attached hydrogen (secondary N) is 4. The molecule has 206 valence electrons. The van der Waals surface area contributed by atoms with E-state index in [1.807, 2.05) is 51.7 Å². The number of hydrogen-bond donors (Lipinski definition) is 4. The van der Waals surface area contributed by atoms with E-state index in [0.29, 0.717) is 51.1 Å². The minimum Gasteiger partial charge on any atom is -0.445 e. The Morgan fingerprint density at radius 2 is 1.90 bits per heavy atom. The lowest BCUT2D eigenvalue weighted by atomic mass is 9.86. The van der Waals surface area contributed by atoms with Gasteiger partial charge in [-0.1, -0.05) is 11.3 Å². The van der Waals surface area contributed by atoms with Gasteiger partial charge in [0, 0.05) is 41.9 Å². The summed E-state index contributed by atoms with van der Waals surface area (Å²) >= 11 is 1.43. The lowest BCUT2D eigenvalue weighted by Gasteiger charge is -2.54. The van der Waals surface area contributed by atoms with Gasteiger partial charge in [-0.25, -0.2) is 15.0 Å². The van der Waals surface area contributed by atoms with Gasteiger partial charge in [-0.05, 0) is 24.3 Å². The third kappa shape index (κ3) is 3.43. The number of oxazole rings is 1. The summed E-state index contributed by atoms with van der Waals surface area (Å²) in [5, 5.41) is 29.4. The van der Waals surface area contributed by atoms with Crippen molar-refractivity contribution in [3.8, 4) is 0 Å². The van der Waals surface area contributed by atoms with E-state index in [4.69, 9.17) is 24.4 Å². The second-order valence-corrected chi connectivity index (χ2v) is 9.90. The van der Waals surface area contributed by atoms with Crippen molar-refractivity contribution >= 4 is 33.6 Å². The van der Waals surface area contributed by atoms with Crippen LogP contribution in [0.1, 0.15) is 35.0 Å². The van der Waals surface area contributed by atoms with Crippen LogP contribution in [0.15, 0.2) is 89.8 Å². The quantitative estimate of drug-likeness (QED) is 0.216. The monoisotopic (exact) mass is 577 g/mol. The van der Waals surface area contributed by atoms with E-state index in [1.165, 1.54) is 17.6 Å². The van der Waals surface area contributed by atoms with Crippen molar-refractivity contribution in [1.29, 1.82) is 0 Å². The molecule has 2 unspecified atom stereocenters. The number of anilines is 2. The molecule has 7 aromatic heterocycles. The van der Waals surface area contributed by atoms with E-state index >= 15 is 0 Å². The maximum absolute atomic E-state index is 6.22. The highest BCUT2D eigenvalue weighted by Gasteiger charge is 2.62. The summed E-state index contributed by atoms with van der Waals surface area (Å²) in [4.78, 5) is 29.9. The minimum absolute atomic E-state index is 0.308. The first-order valence-corrected chi connectivity index (χ1v) is 13.5. The van der Waals surface area contributed by atoms with Gasteiger partial charge in [0.15, 0.2) is 11.0 Å². The van der Waals surface area contributed by atoms with E-state index in [9.17, 15) is 0 Å². The molecule has 1 aliphatic rings. The van der Waals surface area contributed by atoms with Crippen molar-refractivity contribution in [1.82, 2.24) is 65.9 Å². The molecule has 0 amide bonds. The van der Waals surface area contributed by atoms with Crippen molar-refractivity contribution in [2.24, 2.45) is 0 Å². The SMILES string of the molecule is c1ccc(C2(c3ncco3)N(c3nccs3)C(c3ncc[nH]3)=C(c3cn[nH]n3)C(c3nn[nH]n3)N2c2ccc[nH]2)nc1. The molecule has 0 saturated carbocycles. The molecule has 0 aromatic carbocycles. The number of H-pyrrole nitrogens is 4. The van der Waals surface area contributed by atoms with Crippen LogP contribution < -0.4 is 9.80 Å². The third-order valence-electron chi connectivity index (χ3n) is 6.91. The number of pyridine rings is 1. The fourth-order valence-electron chi connectivity index (χ4n) is 5.44. The standard InChI is InChI=1S/C25H19N15OS/c1-2-6-26-16(4-1)25(23-30-10-12-41-23)39(17-5-3-7-27-17)20(22-34-37-38-35-22)18(15-14-32-36-33-15)19(21-28-8-9-29-21)40(25)24-31-11-13-42-24/h1-14,20,27H,(H,28,29)(H,32,33,36)(H,34,35,37,38).